The zero-order chi connectivity index (χ0) is 16.5. The molecule has 2 heterocycles. The Morgan fingerprint density at radius 1 is 1.12 bits per heavy atom. The molecule has 2 aromatic carbocycles. The Morgan fingerprint density at radius 2 is 1.88 bits per heavy atom. The maximum absolute atomic E-state index is 12.5. The van der Waals surface area contributed by atoms with Crippen LogP contribution >= 0.6 is 0 Å². The van der Waals surface area contributed by atoms with Gasteiger partial charge in [-0.2, -0.15) is 0 Å². The second-order valence-corrected chi connectivity index (χ2v) is 6.58. The van der Waals surface area contributed by atoms with Crippen LogP contribution in [-0.4, -0.2) is 33.9 Å². The van der Waals surface area contributed by atoms with Crippen LogP contribution in [0.2, 0.25) is 0 Å². The van der Waals surface area contributed by atoms with Gasteiger partial charge in [0.15, 0.2) is 0 Å². The average Bonchev–Trinajstić information content (AvgIpc) is 3.05. The van der Waals surface area contributed by atoms with Crippen LogP contribution < -0.4 is 0 Å². The normalized spacial score (nSPS) is 15.8. The van der Waals surface area contributed by atoms with Crippen molar-refractivity contribution in [2.45, 2.75) is 25.7 Å². The number of nitrogens with one attached hydrogen (secondary N) is 1. The molecule has 0 bridgehead atoms. The lowest BCUT2D eigenvalue weighted by Gasteiger charge is -2.31. The first-order valence-electron chi connectivity index (χ1n) is 8.51. The minimum absolute atomic E-state index is 0.134. The molecule has 1 N–H and O–H groups in total. The van der Waals surface area contributed by atoms with E-state index in [1.165, 1.54) is 5.56 Å². The molecule has 1 fully saturated rings. The summed E-state index contributed by atoms with van der Waals surface area (Å²) < 4.78 is 0. The number of aromatic nitrogens is 2. The average molecular weight is 319 g/mol. The summed E-state index contributed by atoms with van der Waals surface area (Å²) >= 11 is 0. The molecule has 4 rings (SSSR count). The molecule has 1 saturated heterocycles. The van der Waals surface area contributed by atoms with Crippen molar-refractivity contribution in [3.63, 3.8) is 0 Å². The Kier molecular flexibility index (Phi) is 3.81. The van der Waals surface area contributed by atoms with Gasteiger partial charge in [-0.15, -0.1) is 0 Å². The van der Waals surface area contributed by atoms with Crippen LogP contribution in [0, 0.1) is 6.92 Å². The third kappa shape index (κ3) is 2.80. The van der Waals surface area contributed by atoms with Crippen LogP contribution in [0.15, 0.2) is 48.5 Å². The number of aromatic amines is 1. The molecule has 1 aliphatic rings. The Balaban J connectivity index is 1.46. The van der Waals surface area contributed by atoms with Gasteiger partial charge in [-0.05, 0) is 49.6 Å². The number of carbonyl (C=O) groups is 1. The van der Waals surface area contributed by atoms with Gasteiger partial charge in [0.25, 0.3) is 5.91 Å². The largest absolute Gasteiger partial charge is 0.342 e. The molecule has 0 saturated carbocycles. The number of hydrogen-bond donors (Lipinski definition) is 1. The molecule has 0 radical (unpaired) electrons. The van der Waals surface area contributed by atoms with Crippen molar-refractivity contribution >= 4 is 16.9 Å². The highest BCUT2D eigenvalue weighted by Gasteiger charge is 2.26. The number of imidazole rings is 1. The molecule has 0 spiro atoms. The second-order valence-electron chi connectivity index (χ2n) is 6.58. The maximum Gasteiger partial charge on any atom is 0.253 e. The predicted molar refractivity (Wildman–Crippen MR) is 95.2 cm³/mol. The third-order valence-corrected chi connectivity index (χ3v) is 4.85. The Bertz CT molecular complexity index is 861. The fourth-order valence-corrected chi connectivity index (χ4v) is 3.46. The quantitative estimate of drug-likeness (QED) is 0.779. The van der Waals surface area contributed by atoms with E-state index >= 15 is 0 Å². The zero-order valence-corrected chi connectivity index (χ0v) is 13.8. The van der Waals surface area contributed by atoms with Gasteiger partial charge in [0.05, 0.1) is 11.0 Å². The first-order chi connectivity index (χ1) is 11.7. The second kappa shape index (κ2) is 6.11. The number of benzene rings is 2. The summed E-state index contributed by atoms with van der Waals surface area (Å²) in [5.41, 5.74) is 4.14. The molecule has 122 valence electrons. The number of likely N-dealkylation sites (tertiary alicyclic amines) is 1. The van der Waals surface area contributed by atoms with Gasteiger partial charge in [-0.25, -0.2) is 4.98 Å². The molecule has 3 aromatic rings. The lowest BCUT2D eigenvalue weighted by Crippen LogP contribution is -2.38. The van der Waals surface area contributed by atoms with Crippen molar-refractivity contribution < 1.29 is 4.79 Å². The van der Waals surface area contributed by atoms with Crippen molar-refractivity contribution in [3.8, 4) is 0 Å². The van der Waals surface area contributed by atoms with E-state index in [2.05, 4.69) is 30.1 Å². The van der Waals surface area contributed by atoms with Crippen LogP contribution in [0.5, 0.6) is 0 Å². The molecule has 4 nitrogen and oxygen atoms in total. The number of nitrogens with zero attached hydrogens (tertiary/aromatic N) is 2. The van der Waals surface area contributed by atoms with Crippen molar-refractivity contribution in [1.29, 1.82) is 0 Å². The number of piperidine rings is 1. The molecule has 0 unspecified atom stereocenters. The topological polar surface area (TPSA) is 49.0 Å². The van der Waals surface area contributed by atoms with Crippen LogP contribution in [0.3, 0.4) is 0 Å². The third-order valence-electron chi connectivity index (χ3n) is 4.85. The number of hydrogen-bond acceptors (Lipinski definition) is 2. The number of fused-ring (bicyclic) bond motifs is 1. The zero-order valence-electron chi connectivity index (χ0n) is 13.8. The predicted octanol–water partition coefficient (Wildman–Crippen LogP) is 3.89. The Labute approximate surface area is 141 Å². The number of amides is 1. The first kappa shape index (κ1) is 14.9. The molecular weight excluding hydrogens is 298 g/mol. The standard InChI is InChI=1S/C20H21N3O/c1-14-7-8-17-18(13-14)22-19(21-17)15-9-11-23(12-10-15)20(24)16-5-3-2-4-6-16/h2-8,13,15H,9-12H2,1H3,(H,21,22). The Hall–Kier alpha value is -2.62. The van der Waals surface area contributed by atoms with Crippen LogP contribution in [0.4, 0.5) is 0 Å². The summed E-state index contributed by atoms with van der Waals surface area (Å²) in [6.07, 6.45) is 1.91. The lowest BCUT2D eigenvalue weighted by molar-refractivity contribution is 0.0711. The summed E-state index contributed by atoms with van der Waals surface area (Å²) in [6.45, 7) is 3.66. The highest BCUT2D eigenvalue weighted by molar-refractivity contribution is 5.94. The Morgan fingerprint density at radius 3 is 2.62 bits per heavy atom. The van der Waals surface area contributed by atoms with Crippen molar-refractivity contribution in [3.05, 3.63) is 65.5 Å². The molecule has 0 aliphatic carbocycles. The summed E-state index contributed by atoms with van der Waals surface area (Å²) in [5.74, 6) is 1.59. The van der Waals surface area contributed by atoms with E-state index in [0.29, 0.717) is 5.92 Å². The number of rotatable bonds is 2. The molecule has 4 heteroatoms. The molecule has 24 heavy (non-hydrogen) atoms. The minimum Gasteiger partial charge on any atom is -0.342 e. The van der Waals surface area contributed by atoms with Crippen molar-refractivity contribution in [1.82, 2.24) is 14.9 Å². The number of H-pyrrole nitrogens is 1. The molecule has 1 amide bonds. The van der Waals surface area contributed by atoms with Crippen molar-refractivity contribution in [2.24, 2.45) is 0 Å². The van der Waals surface area contributed by atoms with E-state index in [1.807, 2.05) is 35.2 Å². The monoisotopic (exact) mass is 319 g/mol. The molecule has 1 aromatic heterocycles. The van der Waals surface area contributed by atoms with Crippen LogP contribution in [0.1, 0.15) is 40.5 Å². The maximum atomic E-state index is 12.5. The summed E-state index contributed by atoms with van der Waals surface area (Å²) in [5, 5.41) is 0. The highest BCUT2D eigenvalue weighted by atomic mass is 16.2. The summed E-state index contributed by atoms with van der Waals surface area (Å²) in [7, 11) is 0. The van der Waals surface area contributed by atoms with Gasteiger partial charge in [-0.1, -0.05) is 24.3 Å². The first-order valence-corrected chi connectivity index (χ1v) is 8.51. The van der Waals surface area contributed by atoms with Crippen LogP contribution in [-0.2, 0) is 0 Å². The van der Waals surface area contributed by atoms with E-state index in [-0.39, 0.29) is 5.91 Å². The fraction of sp³-hybridized carbons (Fsp3) is 0.300. The number of carbonyl (C=O) groups excluding carboxylic acids is 1. The smallest absolute Gasteiger partial charge is 0.253 e. The summed E-state index contributed by atoms with van der Waals surface area (Å²) in [4.78, 5) is 22.7. The SMILES string of the molecule is Cc1ccc2nc(C3CCN(C(=O)c4ccccc4)CC3)[nH]c2c1. The van der Waals surface area contributed by atoms with E-state index in [4.69, 9.17) is 4.98 Å². The molecular formula is C20H21N3O. The van der Waals surface area contributed by atoms with Gasteiger partial charge in [0.2, 0.25) is 0 Å². The summed E-state index contributed by atoms with van der Waals surface area (Å²) in [6, 6.07) is 15.8. The van der Waals surface area contributed by atoms with E-state index in [1.54, 1.807) is 0 Å². The lowest BCUT2D eigenvalue weighted by atomic mass is 9.95. The van der Waals surface area contributed by atoms with Gasteiger partial charge >= 0.3 is 0 Å². The van der Waals surface area contributed by atoms with E-state index in [9.17, 15) is 4.79 Å². The highest BCUT2D eigenvalue weighted by Crippen LogP contribution is 2.28. The van der Waals surface area contributed by atoms with Crippen molar-refractivity contribution in [2.75, 3.05) is 13.1 Å². The van der Waals surface area contributed by atoms with E-state index < -0.39 is 0 Å². The number of aryl methyl sites for hydroxylation is 1. The van der Waals surface area contributed by atoms with Gasteiger partial charge in [0.1, 0.15) is 5.82 Å². The molecule has 0 atom stereocenters. The van der Waals surface area contributed by atoms with E-state index in [0.717, 1.165) is 48.4 Å². The minimum atomic E-state index is 0.134. The van der Waals surface area contributed by atoms with Gasteiger partial charge in [-0.3, -0.25) is 4.79 Å². The van der Waals surface area contributed by atoms with Gasteiger partial charge in [0, 0.05) is 24.6 Å². The van der Waals surface area contributed by atoms with Gasteiger partial charge < -0.3 is 9.88 Å². The molecule has 1 aliphatic heterocycles. The fourth-order valence-electron chi connectivity index (χ4n) is 3.46. The van der Waals surface area contributed by atoms with Crippen LogP contribution in [0.25, 0.3) is 11.0 Å².